The van der Waals surface area contributed by atoms with Gasteiger partial charge < -0.3 is 9.69 Å². The van der Waals surface area contributed by atoms with E-state index in [1.807, 2.05) is 11.1 Å². The van der Waals surface area contributed by atoms with Crippen molar-refractivity contribution in [3.05, 3.63) is 12.3 Å². The molecule has 0 aromatic heterocycles. The van der Waals surface area contributed by atoms with Gasteiger partial charge in [0.15, 0.2) is 0 Å². The highest BCUT2D eigenvalue weighted by atomic mass is 16.1. The molecule has 0 fully saturated rings. The van der Waals surface area contributed by atoms with Crippen LogP contribution < -0.4 is 0 Å². The van der Waals surface area contributed by atoms with Crippen LogP contribution in [0, 0.1) is 0 Å². The average Bonchev–Trinajstić information content (AvgIpc) is 2.19. The second-order valence-corrected chi connectivity index (χ2v) is 1.84. The molecule has 0 radical (unpaired) electrons. The molecule has 0 aromatic rings. The Morgan fingerprint density at radius 1 is 1.75 bits per heavy atom. The molecular weight excluding hydrogens is 102 g/mol. The van der Waals surface area contributed by atoms with Crippen molar-refractivity contribution in [1.82, 2.24) is 4.90 Å². The molecule has 1 heterocycles. The van der Waals surface area contributed by atoms with Crippen LogP contribution in [-0.4, -0.2) is 24.3 Å². The lowest BCUT2D eigenvalue weighted by Gasteiger charge is -2.08. The van der Waals surface area contributed by atoms with Crippen molar-refractivity contribution < 1.29 is 4.79 Å². The van der Waals surface area contributed by atoms with Crippen LogP contribution in [0.5, 0.6) is 0 Å². The summed E-state index contributed by atoms with van der Waals surface area (Å²) in [5.41, 5.74) is 0. The van der Waals surface area contributed by atoms with Gasteiger partial charge in [0, 0.05) is 6.54 Å². The molecule has 0 atom stereocenters. The van der Waals surface area contributed by atoms with Gasteiger partial charge in [-0.15, -0.1) is 0 Å². The summed E-state index contributed by atoms with van der Waals surface area (Å²) in [4.78, 5) is 11.9. The van der Waals surface area contributed by atoms with Crippen LogP contribution in [0.3, 0.4) is 0 Å². The summed E-state index contributed by atoms with van der Waals surface area (Å²) in [6, 6.07) is 0. The first-order valence-electron chi connectivity index (χ1n) is 2.78. The van der Waals surface area contributed by atoms with Gasteiger partial charge >= 0.3 is 0 Å². The zero-order valence-electron chi connectivity index (χ0n) is 4.71. The number of carbonyl (C=O) groups excluding carboxylic acids is 1. The lowest BCUT2D eigenvalue weighted by Crippen LogP contribution is -2.16. The minimum Gasteiger partial charge on any atom is -0.370 e. The first kappa shape index (κ1) is 5.35. The fourth-order valence-corrected chi connectivity index (χ4v) is 0.786. The quantitative estimate of drug-likeness (QED) is 0.481. The minimum absolute atomic E-state index is 0.552. The molecule has 0 saturated heterocycles. The van der Waals surface area contributed by atoms with E-state index in [4.69, 9.17) is 0 Å². The summed E-state index contributed by atoms with van der Waals surface area (Å²) in [6.45, 7) is 1.56. The maximum atomic E-state index is 9.89. The Hall–Kier alpha value is -0.790. The van der Waals surface area contributed by atoms with E-state index < -0.39 is 0 Å². The second-order valence-electron chi connectivity index (χ2n) is 1.84. The van der Waals surface area contributed by atoms with Crippen molar-refractivity contribution in [1.29, 1.82) is 0 Å². The number of nitrogens with zero attached hydrogens (tertiary/aromatic N) is 1. The molecule has 1 aliphatic rings. The Morgan fingerprint density at radius 2 is 2.62 bits per heavy atom. The lowest BCUT2D eigenvalue weighted by molar-refractivity contribution is -0.108. The fourth-order valence-electron chi connectivity index (χ4n) is 0.786. The molecule has 0 spiro atoms. The minimum atomic E-state index is 0.552. The summed E-state index contributed by atoms with van der Waals surface area (Å²) < 4.78 is 0. The molecule has 2 heteroatoms. The predicted octanol–water partition coefficient (Wildman–Crippen LogP) is 0.405. The van der Waals surface area contributed by atoms with Gasteiger partial charge in [-0.05, 0) is 12.6 Å². The SMILES string of the molecule is O=CCN1C=CCC1. The maximum Gasteiger partial charge on any atom is 0.139 e. The molecule has 0 N–H and O–H groups in total. The van der Waals surface area contributed by atoms with Crippen LogP contribution in [0.15, 0.2) is 12.3 Å². The molecule has 0 bridgehead atoms. The Labute approximate surface area is 48.8 Å². The van der Waals surface area contributed by atoms with Gasteiger partial charge in [-0.3, -0.25) is 0 Å². The average molecular weight is 111 g/mol. The van der Waals surface area contributed by atoms with E-state index >= 15 is 0 Å². The molecule has 44 valence electrons. The third-order valence-corrected chi connectivity index (χ3v) is 1.21. The molecule has 0 amide bonds. The third kappa shape index (κ3) is 1.09. The highest BCUT2D eigenvalue weighted by Gasteiger charge is 2.00. The van der Waals surface area contributed by atoms with E-state index in [0.717, 1.165) is 19.3 Å². The van der Waals surface area contributed by atoms with E-state index in [1.165, 1.54) is 0 Å². The second kappa shape index (κ2) is 2.50. The summed E-state index contributed by atoms with van der Waals surface area (Å²) in [5, 5.41) is 0. The molecule has 0 unspecified atom stereocenters. The molecule has 2 nitrogen and oxygen atoms in total. The first-order chi connectivity index (χ1) is 3.93. The fraction of sp³-hybridized carbons (Fsp3) is 0.500. The maximum absolute atomic E-state index is 9.89. The number of aldehydes is 1. The van der Waals surface area contributed by atoms with Crippen molar-refractivity contribution in [2.24, 2.45) is 0 Å². The smallest absolute Gasteiger partial charge is 0.139 e. The molecule has 0 aromatic carbocycles. The zero-order valence-corrected chi connectivity index (χ0v) is 4.71. The zero-order chi connectivity index (χ0) is 5.82. The summed E-state index contributed by atoms with van der Waals surface area (Å²) >= 11 is 0. The predicted molar refractivity (Wildman–Crippen MR) is 31.4 cm³/mol. The highest BCUT2D eigenvalue weighted by molar-refractivity contribution is 5.52. The van der Waals surface area contributed by atoms with Gasteiger partial charge in [0.2, 0.25) is 0 Å². The van der Waals surface area contributed by atoms with E-state index in [1.54, 1.807) is 0 Å². The molecule has 8 heavy (non-hydrogen) atoms. The van der Waals surface area contributed by atoms with Crippen LogP contribution in [-0.2, 0) is 4.79 Å². The van der Waals surface area contributed by atoms with Crippen molar-refractivity contribution in [3.63, 3.8) is 0 Å². The van der Waals surface area contributed by atoms with Gasteiger partial charge in [-0.25, -0.2) is 0 Å². The van der Waals surface area contributed by atoms with Crippen LogP contribution >= 0.6 is 0 Å². The van der Waals surface area contributed by atoms with Crippen LogP contribution in [0.25, 0.3) is 0 Å². The normalized spacial score (nSPS) is 17.2. The summed E-state index contributed by atoms with van der Waals surface area (Å²) in [5.74, 6) is 0. The molecular formula is C6H9NO. The van der Waals surface area contributed by atoms with Gasteiger partial charge in [-0.2, -0.15) is 0 Å². The van der Waals surface area contributed by atoms with E-state index in [9.17, 15) is 4.79 Å². The molecule has 1 aliphatic heterocycles. The first-order valence-corrected chi connectivity index (χ1v) is 2.78. The van der Waals surface area contributed by atoms with Gasteiger partial charge in [0.05, 0.1) is 6.54 Å². The van der Waals surface area contributed by atoms with Crippen molar-refractivity contribution >= 4 is 6.29 Å². The van der Waals surface area contributed by atoms with Crippen molar-refractivity contribution in [2.45, 2.75) is 6.42 Å². The molecule has 0 aliphatic carbocycles. The van der Waals surface area contributed by atoms with E-state index in [0.29, 0.717) is 6.54 Å². The topological polar surface area (TPSA) is 20.3 Å². The summed E-state index contributed by atoms with van der Waals surface area (Å²) in [6.07, 6.45) is 6.06. The van der Waals surface area contributed by atoms with E-state index in [-0.39, 0.29) is 0 Å². The Bertz CT molecular complexity index is 109. The van der Waals surface area contributed by atoms with Gasteiger partial charge in [0.1, 0.15) is 6.29 Å². The Balaban J connectivity index is 2.25. The number of hydrogen-bond acceptors (Lipinski definition) is 2. The largest absolute Gasteiger partial charge is 0.370 e. The molecule has 1 rings (SSSR count). The standard InChI is InChI=1S/C6H9NO/c8-6-5-7-3-1-2-4-7/h1,3,6H,2,4-5H2. The number of hydrogen-bond donors (Lipinski definition) is 0. The van der Waals surface area contributed by atoms with Gasteiger partial charge in [-0.1, -0.05) is 6.08 Å². The van der Waals surface area contributed by atoms with Crippen LogP contribution in [0.4, 0.5) is 0 Å². The Morgan fingerprint density at radius 3 is 3.12 bits per heavy atom. The summed E-state index contributed by atoms with van der Waals surface area (Å²) in [7, 11) is 0. The van der Waals surface area contributed by atoms with Crippen molar-refractivity contribution in [3.8, 4) is 0 Å². The Kier molecular flexibility index (Phi) is 1.67. The lowest BCUT2D eigenvalue weighted by atomic mass is 10.5. The monoisotopic (exact) mass is 111 g/mol. The van der Waals surface area contributed by atoms with Gasteiger partial charge in [0.25, 0.3) is 0 Å². The number of carbonyl (C=O) groups is 1. The molecule has 0 saturated carbocycles. The van der Waals surface area contributed by atoms with E-state index in [2.05, 4.69) is 6.08 Å². The number of rotatable bonds is 2. The highest BCUT2D eigenvalue weighted by Crippen LogP contribution is 2.00. The van der Waals surface area contributed by atoms with Crippen LogP contribution in [0.2, 0.25) is 0 Å². The van der Waals surface area contributed by atoms with Crippen molar-refractivity contribution in [2.75, 3.05) is 13.1 Å². The van der Waals surface area contributed by atoms with Crippen LogP contribution in [0.1, 0.15) is 6.42 Å². The third-order valence-electron chi connectivity index (χ3n) is 1.21.